The van der Waals surface area contributed by atoms with E-state index in [4.69, 9.17) is 0 Å². The molecule has 3 rings (SSSR count). The first kappa shape index (κ1) is 23.5. The van der Waals surface area contributed by atoms with Crippen molar-refractivity contribution in [3.63, 3.8) is 0 Å². The molecule has 0 aliphatic heterocycles. The normalized spacial score (nSPS) is 12.6. The van der Waals surface area contributed by atoms with E-state index in [-0.39, 0.29) is 10.8 Å². The molecule has 0 heteroatoms. The van der Waals surface area contributed by atoms with Crippen molar-refractivity contribution in [2.24, 2.45) is 0 Å². The molecule has 0 N–H and O–H groups in total. The van der Waals surface area contributed by atoms with Gasteiger partial charge < -0.3 is 0 Å². The highest BCUT2D eigenvalue weighted by molar-refractivity contribution is 5.73. The first-order valence-corrected chi connectivity index (χ1v) is 11.4. The van der Waals surface area contributed by atoms with E-state index in [1.807, 2.05) is 6.08 Å². The Bertz CT molecular complexity index is 1070. The third kappa shape index (κ3) is 6.44. The Hall–Kier alpha value is -3.12. The van der Waals surface area contributed by atoms with Gasteiger partial charge in [-0.2, -0.15) is 0 Å². The summed E-state index contributed by atoms with van der Waals surface area (Å²) >= 11 is 0. The highest BCUT2D eigenvalue weighted by Gasteiger charge is 2.19. The summed E-state index contributed by atoms with van der Waals surface area (Å²) in [5, 5.41) is 0. The predicted octanol–water partition coefficient (Wildman–Crippen LogP) is 9.27. The SMILES string of the molecule is C=Cc1ccc(/C=C/c2ccc(/C=C/c3cc(C(C)(C)C)cc(C(C)(C)C)c3)cc2)cc1. The molecule has 0 bridgehead atoms. The molecule has 0 saturated heterocycles. The molecule has 3 aromatic rings. The van der Waals surface area contributed by atoms with Crippen LogP contribution in [-0.4, -0.2) is 0 Å². The summed E-state index contributed by atoms with van der Waals surface area (Å²) in [7, 11) is 0. The lowest BCUT2D eigenvalue weighted by Crippen LogP contribution is -2.16. The van der Waals surface area contributed by atoms with Crippen molar-refractivity contribution < 1.29 is 0 Å². The van der Waals surface area contributed by atoms with Crippen LogP contribution in [-0.2, 0) is 10.8 Å². The van der Waals surface area contributed by atoms with Crippen LogP contribution in [0.3, 0.4) is 0 Å². The molecule has 0 atom stereocenters. The van der Waals surface area contributed by atoms with E-state index in [1.54, 1.807) is 0 Å². The van der Waals surface area contributed by atoms with Gasteiger partial charge in [-0.1, -0.05) is 145 Å². The number of hydrogen-bond donors (Lipinski definition) is 0. The fourth-order valence-corrected chi connectivity index (χ4v) is 3.46. The van der Waals surface area contributed by atoms with Gasteiger partial charge >= 0.3 is 0 Å². The second kappa shape index (κ2) is 9.57. The minimum Gasteiger partial charge on any atom is -0.0985 e. The van der Waals surface area contributed by atoms with Crippen LogP contribution in [0, 0.1) is 0 Å². The van der Waals surface area contributed by atoms with Gasteiger partial charge in [-0.3, -0.25) is 0 Å². The van der Waals surface area contributed by atoms with Gasteiger partial charge in [0.05, 0.1) is 0 Å². The Morgan fingerprint density at radius 2 is 0.781 bits per heavy atom. The number of hydrogen-bond acceptors (Lipinski definition) is 0. The van der Waals surface area contributed by atoms with Crippen LogP contribution in [0.2, 0.25) is 0 Å². The lowest BCUT2D eigenvalue weighted by molar-refractivity contribution is 0.568. The summed E-state index contributed by atoms with van der Waals surface area (Å²) < 4.78 is 0. The largest absolute Gasteiger partial charge is 0.0985 e. The highest BCUT2D eigenvalue weighted by atomic mass is 14.2. The summed E-state index contributed by atoms with van der Waals surface area (Å²) in [4.78, 5) is 0. The predicted molar refractivity (Wildman–Crippen MR) is 145 cm³/mol. The van der Waals surface area contributed by atoms with Gasteiger partial charge in [0.25, 0.3) is 0 Å². The molecule has 0 heterocycles. The summed E-state index contributed by atoms with van der Waals surface area (Å²) in [5.41, 5.74) is 9.00. The van der Waals surface area contributed by atoms with Gasteiger partial charge in [-0.05, 0) is 49.8 Å². The quantitative estimate of drug-likeness (QED) is 0.361. The van der Waals surface area contributed by atoms with E-state index in [0.717, 1.165) is 5.56 Å². The molecule has 0 amide bonds. The minimum absolute atomic E-state index is 0.129. The Morgan fingerprint density at radius 3 is 1.09 bits per heavy atom. The summed E-state index contributed by atoms with van der Waals surface area (Å²) in [5.74, 6) is 0. The van der Waals surface area contributed by atoms with E-state index in [0.29, 0.717) is 0 Å². The topological polar surface area (TPSA) is 0 Å². The summed E-state index contributed by atoms with van der Waals surface area (Å²) in [6.45, 7) is 17.5. The molecule has 0 aromatic heterocycles. The molecular weight excluding hydrogens is 384 g/mol. The first-order chi connectivity index (χ1) is 15.0. The van der Waals surface area contributed by atoms with Gasteiger partial charge in [0, 0.05) is 0 Å². The Morgan fingerprint density at radius 1 is 0.469 bits per heavy atom. The van der Waals surface area contributed by atoms with Crippen molar-refractivity contribution in [3.05, 3.63) is 112 Å². The lowest BCUT2D eigenvalue weighted by Gasteiger charge is -2.25. The van der Waals surface area contributed by atoms with Gasteiger partial charge in [-0.25, -0.2) is 0 Å². The molecule has 0 aliphatic rings. The van der Waals surface area contributed by atoms with Crippen molar-refractivity contribution in [3.8, 4) is 0 Å². The third-order valence-electron chi connectivity index (χ3n) is 5.73. The molecule has 0 saturated carbocycles. The van der Waals surface area contributed by atoms with E-state index < -0.39 is 0 Å². The van der Waals surface area contributed by atoms with Crippen LogP contribution in [0.1, 0.15) is 80.5 Å². The standard InChI is InChI=1S/C32H36/c1-8-24-9-11-25(12-10-24)13-14-26-15-17-27(18-16-26)19-20-28-21-29(31(2,3)4)23-30(22-28)32(5,6)7/h8-23H,1H2,2-7H3/b14-13+,20-19+. The van der Waals surface area contributed by atoms with Gasteiger partial charge in [0.1, 0.15) is 0 Å². The average Bonchev–Trinajstić information content (AvgIpc) is 2.76. The third-order valence-corrected chi connectivity index (χ3v) is 5.73. The van der Waals surface area contributed by atoms with Gasteiger partial charge in [0.2, 0.25) is 0 Å². The highest BCUT2D eigenvalue weighted by Crippen LogP contribution is 2.31. The maximum absolute atomic E-state index is 3.80. The number of rotatable bonds is 5. The fraction of sp³-hybridized carbons (Fsp3) is 0.250. The monoisotopic (exact) mass is 420 g/mol. The van der Waals surface area contributed by atoms with Crippen LogP contribution in [0.5, 0.6) is 0 Å². The molecular formula is C32H36. The second-order valence-corrected chi connectivity index (χ2v) is 10.5. The van der Waals surface area contributed by atoms with Crippen molar-refractivity contribution in [1.82, 2.24) is 0 Å². The second-order valence-electron chi connectivity index (χ2n) is 10.5. The van der Waals surface area contributed by atoms with Crippen molar-refractivity contribution in [2.45, 2.75) is 52.4 Å². The smallest absolute Gasteiger partial charge is 0.0132 e. The fourth-order valence-electron chi connectivity index (χ4n) is 3.46. The minimum atomic E-state index is 0.129. The van der Waals surface area contributed by atoms with Crippen LogP contribution in [0.15, 0.2) is 73.3 Å². The maximum Gasteiger partial charge on any atom is -0.0132 e. The molecule has 0 unspecified atom stereocenters. The molecule has 0 aliphatic carbocycles. The van der Waals surface area contributed by atoms with Crippen LogP contribution < -0.4 is 0 Å². The number of benzene rings is 3. The van der Waals surface area contributed by atoms with E-state index in [1.165, 1.54) is 33.4 Å². The zero-order valence-electron chi connectivity index (χ0n) is 20.4. The molecule has 0 radical (unpaired) electrons. The Balaban J connectivity index is 1.78. The van der Waals surface area contributed by atoms with Gasteiger partial charge in [0.15, 0.2) is 0 Å². The average molecular weight is 421 g/mol. The zero-order valence-corrected chi connectivity index (χ0v) is 20.4. The Labute approximate surface area is 195 Å². The summed E-state index contributed by atoms with van der Waals surface area (Å²) in [6, 6.07) is 24.1. The van der Waals surface area contributed by atoms with E-state index >= 15 is 0 Å². The van der Waals surface area contributed by atoms with Crippen LogP contribution in [0.25, 0.3) is 30.4 Å². The van der Waals surface area contributed by atoms with Crippen LogP contribution >= 0.6 is 0 Å². The lowest BCUT2D eigenvalue weighted by atomic mass is 9.79. The van der Waals surface area contributed by atoms with Crippen molar-refractivity contribution in [2.75, 3.05) is 0 Å². The van der Waals surface area contributed by atoms with E-state index in [9.17, 15) is 0 Å². The molecule has 3 aromatic carbocycles. The molecule has 0 fully saturated rings. The molecule has 164 valence electrons. The summed E-state index contributed by atoms with van der Waals surface area (Å²) in [6.07, 6.45) is 10.6. The molecule has 32 heavy (non-hydrogen) atoms. The van der Waals surface area contributed by atoms with Crippen molar-refractivity contribution >= 4 is 30.4 Å². The Kier molecular flexibility index (Phi) is 7.04. The zero-order chi connectivity index (χ0) is 23.4. The van der Waals surface area contributed by atoms with E-state index in [2.05, 4.69) is 139 Å². The van der Waals surface area contributed by atoms with Gasteiger partial charge in [-0.15, -0.1) is 0 Å². The van der Waals surface area contributed by atoms with Crippen molar-refractivity contribution in [1.29, 1.82) is 0 Å². The van der Waals surface area contributed by atoms with Crippen LogP contribution in [0.4, 0.5) is 0 Å². The first-order valence-electron chi connectivity index (χ1n) is 11.4. The molecule has 0 nitrogen and oxygen atoms in total. The maximum atomic E-state index is 3.80. The molecule has 0 spiro atoms.